The standard InChI is InChI=1S/C10H18N4/c1-14-12-7-10(13-14)8-5-3-2-4-6-9(8)11/h7-9H,2-6,11H2,1H3. The molecule has 1 fully saturated rings. The van der Waals surface area contributed by atoms with Crippen molar-refractivity contribution in [3.63, 3.8) is 0 Å². The maximum absolute atomic E-state index is 6.14. The van der Waals surface area contributed by atoms with Crippen molar-refractivity contribution in [3.8, 4) is 0 Å². The third-order valence-electron chi connectivity index (χ3n) is 3.07. The Labute approximate surface area is 84.5 Å². The number of aromatic nitrogens is 3. The maximum atomic E-state index is 6.14. The molecule has 2 atom stereocenters. The van der Waals surface area contributed by atoms with Crippen LogP contribution in [0.25, 0.3) is 0 Å². The fraction of sp³-hybridized carbons (Fsp3) is 0.800. The topological polar surface area (TPSA) is 56.7 Å². The van der Waals surface area contributed by atoms with Gasteiger partial charge in [-0.15, -0.1) is 0 Å². The number of hydrogen-bond acceptors (Lipinski definition) is 3. The van der Waals surface area contributed by atoms with E-state index < -0.39 is 0 Å². The molecule has 1 heterocycles. The largest absolute Gasteiger partial charge is 0.327 e. The molecule has 1 aromatic rings. The average Bonchev–Trinajstić information content (AvgIpc) is 2.46. The maximum Gasteiger partial charge on any atom is 0.0873 e. The van der Waals surface area contributed by atoms with Gasteiger partial charge in [0.2, 0.25) is 0 Å². The van der Waals surface area contributed by atoms with E-state index in [-0.39, 0.29) is 6.04 Å². The number of hydrogen-bond donors (Lipinski definition) is 1. The molecule has 0 aliphatic heterocycles. The van der Waals surface area contributed by atoms with Crippen LogP contribution in [0.1, 0.15) is 43.7 Å². The van der Waals surface area contributed by atoms with Crippen molar-refractivity contribution < 1.29 is 0 Å². The Hall–Kier alpha value is -0.900. The van der Waals surface area contributed by atoms with Crippen LogP contribution in [0, 0.1) is 0 Å². The lowest BCUT2D eigenvalue weighted by molar-refractivity contribution is 0.488. The SMILES string of the molecule is Cn1ncc(C2CCCCCC2N)n1. The highest BCUT2D eigenvalue weighted by molar-refractivity contribution is 5.06. The van der Waals surface area contributed by atoms with E-state index in [1.165, 1.54) is 25.7 Å². The molecule has 0 radical (unpaired) electrons. The van der Waals surface area contributed by atoms with E-state index in [2.05, 4.69) is 10.2 Å². The number of aryl methyl sites for hydroxylation is 1. The first-order valence-corrected chi connectivity index (χ1v) is 5.39. The highest BCUT2D eigenvalue weighted by Gasteiger charge is 2.24. The molecular formula is C10H18N4. The number of nitrogens with two attached hydrogens (primary N) is 1. The second-order valence-electron chi connectivity index (χ2n) is 4.17. The lowest BCUT2D eigenvalue weighted by Gasteiger charge is -2.18. The van der Waals surface area contributed by atoms with E-state index in [9.17, 15) is 0 Å². The Morgan fingerprint density at radius 3 is 2.86 bits per heavy atom. The van der Waals surface area contributed by atoms with Crippen LogP contribution in [-0.2, 0) is 7.05 Å². The second-order valence-corrected chi connectivity index (χ2v) is 4.17. The Morgan fingerprint density at radius 1 is 1.36 bits per heavy atom. The molecule has 0 bridgehead atoms. The van der Waals surface area contributed by atoms with Crippen LogP contribution in [0.2, 0.25) is 0 Å². The summed E-state index contributed by atoms with van der Waals surface area (Å²) in [5.41, 5.74) is 7.21. The monoisotopic (exact) mass is 194 g/mol. The summed E-state index contributed by atoms with van der Waals surface area (Å²) in [7, 11) is 1.85. The van der Waals surface area contributed by atoms with Crippen molar-refractivity contribution in [3.05, 3.63) is 11.9 Å². The molecule has 0 spiro atoms. The van der Waals surface area contributed by atoms with Gasteiger partial charge < -0.3 is 5.73 Å². The zero-order chi connectivity index (χ0) is 9.97. The predicted molar refractivity (Wildman–Crippen MR) is 54.8 cm³/mol. The first kappa shape index (κ1) is 9.65. The lowest BCUT2D eigenvalue weighted by atomic mass is 9.93. The summed E-state index contributed by atoms with van der Waals surface area (Å²) in [4.78, 5) is 1.62. The smallest absolute Gasteiger partial charge is 0.0873 e. The molecule has 1 aliphatic carbocycles. The first-order valence-electron chi connectivity index (χ1n) is 5.39. The predicted octanol–water partition coefficient (Wildman–Crippen LogP) is 1.19. The van der Waals surface area contributed by atoms with Crippen molar-refractivity contribution in [2.24, 2.45) is 12.8 Å². The molecule has 4 heteroatoms. The van der Waals surface area contributed by atoms with Gasteiger partial charge in [0.25, 0.3) is 0 Å². The highest BCUT2D eigenvalue weighted by Crippen LogP contribution is 2.29. The van der Waals surface area contributed by atoms with E-state index in [4.69, 9.17) is 5.73 Å². The van der Waals surface area contributed by atoms with Crippen LogP contribution >= 0.6 is 0 Å². The Balaban J connectivity index is 2.14. The van der Waals surface area contributed by atoms with Gasteiger partial charge in [-0.3, -0.25) is 0 Å². The summed E-state index contributed by atoms with van der Waals surface area (Å²) >= 11 is 0. The molecule has 2 unspecified atom stereocenters. The molecule has 0 amide bonds. The summed E-state index contributed by atoms with van der Waals surface area (Å²) in [5.74, 6) is 0.422. The van der Waals surface area contributed by atoms with Crippen molar-refractivity contribution in [2.45, 2.75) is 44.1 Å². The second kappa shape index (κ2) is 4.09. The van der Waals surface area contributed by atoms with Gasteiger partial charge in [-0.1, -0.05) is 19.3 Å². The summed E-state index contributed by atoms with van der Waals surface area (Å²) in [6.45, 7) is 0. The van der Waals surface area contributed by atoms with Crippen molar-refractivity contribution in [1.29, 1.82) is 0 Å². The van der Waals surface area contributed by atoms with Crippen molar-refractivity contribution >= 4 is 0 Å². The lowest BCUT2D eigenvalue weighted by Crippen LogP contribution is -2.27. The summed E-state index contributed by atoms with van der Waals surface area (Å²) < 4.78 is 0. The molecular weight excluding hydrogens is 176 g/mol. The third-order valence-corrected chi connectivity index (χ3v) is 3.07. The van der Waals surface area contributed by atoms with Crippen LogP contribution < -0.4 is 5.73 Å². The van der Waals surface area contributed by atoms with Crippen LogP contribution in [0.15, 0.2) is 6.20 Å². The number of rotatable bonds is 1. The van der Waals surface area contributed by atoms with Gasteiger partial charge in [-0.25, -0.2) is 0 Å². The zero-order valence-electron chi connectivity index (χ0n) is 8.69. The Bertz CT molecular complexity index is 294. The Kier molecular flexibility index (Phi) is 2.82. The zero-order valence-corrected chi connectivity index (χ0v) is 8.69. The van der Waals surface area contributed by atoms with Gasteiger partial charge in [0.15, 0.2) is 0 Å². The van der Waals surface area contributed by atoms with Crippen molar-refractivity contribution in [2.75, 3.05) is 0 Å². The van der Waals surface area contributed by atoms with Crippen LogP contribution in [0.3, 0.4) is 0 Å². The van der Waals surface area contributed by atoms with Gasteiger partial charge in [0.1, 0.15) is 0 Å². The van der Waals surface area contributed by atoms with Crippen LogP contribution in [0.4, 0.5) is 0 Å². The fourth-order valence-electron chi connectivity index (χ4n) is 2.23. The first-order chi connectivity index (χ1) is 6.77. The van der Waals surface area contributed by atoms with E-state index >= 15 is 0 Å². The fourth-order valence-corrected chi connectivity index (χ4v) is 2.23. The quantitative estimate of drug-likeness (QED) is 0.683. The van der Waals surface area contributed by atoms with Crippen molar-refractivity contribution in [1.82, 2.24) is 15.0 Å². The molecule has 0 saturated heterocycles. The molecule has 1 aliphatic rings. The van der Waals surface area contributed by atoms with Gasteiger partial charge in [0.05, 0.1) is 11.9 Å². The molecule has 78 valence electrons. The minimum atomic E-state index is 0.272. The molecule has 2 N–H and O–H groups in total. The minimum Gasteiger partial charge on any atom is -0.327 e. The van der Waals surface area contributed by atoms with E-state index in [0.29, 0.717) is 5.92 Å². The van der Waals surface area contributed by atoms with Gasteiger partial charge in [0, 0.05) is 19.0 Å². The minimum absolute atomic E-state index is 0.272. The summed E-state index contributed by atoms with van der Waals surface area (Å²) in [6.07, 6.45) is 7.99. The van der Waals surface area contributed by atoms with Gasteiger partial charge >= 0.3 is 0 Å². The molecule has 2 rings (SSSR count). The number of nitrogens with zero attached hydrogens (tertiary/aromatic N) is 3. The van der Waals surface area contributed by atoms with E-state index in [1.54, 1.807) is 4.80 Å². The summed E-state index contributed by atoms with van der Waals surface area (Å²) in [6, 6.07) is 0.272. The van der Waals surface area contributed by atoms with Gasteiger partial charge in [-0.05, 0) is 12.8 Å². The van der Waals surface area contributed by atoms with E-state index in [0.717, 1.165) is 12.1 Å². The summed E-state index contributed by atoms with van der Waals surface area (Å²) in [5, 5.41) is 8.46. The van der Waals surface area contributed by atoms with Crippen LogP contribution in [-0.4, -0.2) is 21.0 Å². The normalized spacial score (nSPS) is 28.7. The molecule has 14 heavy (non-hydrogen) atoms. The van der Waals surface area contributed by atoms with Crippen LogP contribution in [0.5, 0.6) is 0 Å². The molecule has 4 nitrogen and oxygen atoms in total. The van der Waals surface area contributed by atoms with E-state index in [1.807, 2.05) is 13.2 Å². The third kappa shape index (κ3) is 1.95. The highest BCUT2D eigenvalue weighted by atomic mass is 15.4. The molecule has 0 aromatic carbocycles. The molecule has 1 aromatic heterocycles. The van der Waals surface area contributed by atoms with Gasteiger partial charge in [-0.2, -0.15) is 15.0 Å². The average molecular weight is 194 g/mol. The Morgan fingerprint density at radius 2 is 2.14 bits per heavy atom. The molecule has 1 saturated carbocycles.